The zero-order valence-electron chi connectivity index (χ0n) is 29.5. The number of rotatable bonds is 12. The Morgan fingerprint density at radius 1 is 1.02 bits per heavy atom. The number of nitrogens with zero attached hydrogens (tertiary/aromatic N) is 4. The first-order chi connectivity index (χ1) is 24.0. The van der Waals surface area contributed by atoms with E-state index in [-0.39, 0.29) is 42.2 Å². The second-order valence-corrected chi connectivity index (χ2v) is 16.9. The Morgan fingerprint density at radius 3 is 2.24 bits per heavy atom. The molecule has 16 heteroatoms. The van der Waals surface area contributed by atoms with Gasteiger partial charge >= 0.3 is 0 Å². The quantitative estimate of drug-likeness (QED) is 0.232. The molecule has 2 aliphatic carbocycles. The highest BCUT2D eigenvalue weighted by molar-refractivity contribution is 7.90. The number of aliphatic hydroxyl groups is 1. The van der Waals surface area contributed by atoms with Gasteiger partial charge in [-0.05, 0) is 63.3 Å². The highest BCUT2D eigenvalue weighted by atomic mass is 32.2. The largest absolute Gasteiger partial charge is 0.384 e. The fraction of sp³-hybridized carbons (Fsp3) is 0.629. The minimum absolute atomic E-state index is 0.0137. The van der Waals surface area contributed by atoms with Crippen molar-refractivity contribution in [2.75, 3.05) is 12.8 Å². The molecule has 1 unspecified atom stereocenters. The molecule has 0 spiro atoms. The van der Waals surface area contributed by atoms with Crippen molar-refractivity contribution < 1.29 is 37.5 Å². The maximum Gasteiger partial charge on any atom is 0.287 e. The molecule has 1 saturated heterocycles. The van der Waals surface area contributed by atoms with E-state index >= 15 is 0 Å². The maximum absolute atomic E-state index is 14.7. The zero-order valence-corrected chi connectivity index (χ0v) is 30.3. The Bertz CT molecular complexity index is 1740. The SMILES string of the molecule is CC(C)(O)c1cnnn1[C@H]1C[C@@H](C(=O)NC2(C(=O)C(N)=O)CCCCC2)N(C(=O)C(CC2CCCCC2)NC(=O)c2ccc(S(C)(=O)=O)cc2)C1. The van der Waals surface area contributed by atoms with Crippen LogP contribution in [-0.2, 0) is 34.6 Å². The predicted octanol–water partition coefficient (Wildman–Crippen LogP) is 1.69. The van der Waals surface area contributed by atoms with Crippen molar-refractivity contribution in [3.63, 3.8) is 0 Å². The summed E-state index contributed by atoms with van der Waals surface area (Å²) in [5.41, 5.74) is 3.14. The molecule has 51 heavy (non-hydrogen) atoms. The Hall–Kier alpha value is -4.18. The predicted molar refractivity (Wildman–Crippen MR) is 185 cm³/mol. The van der Waals surface area contributed by atoms with E-state index in [0.717, 1.165) is 44.8 Å². The highest BCUT2D eigenvalue weighted by Gasteiger charge is 2.49. The lowest BCUT2D eigenvalue weighted by molar-refractivity contribution is -0.145. The smallest absolute Gasteiger partial charge is 0.287 e. The number of nitrogens with two attached hydrogens (primary N) is 1. The molecule has 15 nitrogen and oxygen atoms in total. The normalized spacial score (nSPS) is 21.8. The fourth-order valence-electron chi connectivity index (χ4n) is 7.83. The van der Waals surface area contributed by atoms with E-state index in [0.29, 0.717) is 25.0 Å². The van der Waals surface area contributed by atoms with Gasteiger partial charge < -0.3 is 26.4 Å². The molecule has 3 fully saturated rings. The molecule has 278 valence electrons. The zero-order chi connectivity index (χ0) is 37.1. The van der Waals surface area contributed by atoms with Crippen LogP contribution in [0.15, 0.2) is 35.4 Å². The topological polar surface area (TPSA) is 224 Å². The minimum atomic E-state index is -3.49. The summed E-state index contributed by atoms with van der Waals surface area (Å²) in [5, 5.41) is 24.7. The summed E-state index contributed by atoms with van der Waals surface area (Å²) in [6, 6.07) is 2.68. The number of sulfone groups is 1. The summed E-state index contributed by atoms with van der Waals surface area (Å²) >= 11 is 0. The Labute approximate surface area is 298 Å². The number of hydrogen-bond acceptors (Lipinski definition) is 10. The van der Waals surface area contributed by atoms with E-state index < -0.39 is 68.5 Å². The van der Waals surface area contributed by atoms with E-state index in [9.17, 15) is 37.5 Å². The highest BCUT2D eigenvalue weighted by Crippen LogP contribution is 2.35. The number of benzene rings is 1. The summed E-state index contributed by atoms with van der Waals surface area (Å²) in [4.78, 5) is 69.3. The van der Waals surface area contributed by atoms with E-state index in [2.05, 4.69) is 20.9 Å². The summed E-state index contributed by atoms with van der Waals surface area (Å²) in [6.07, 6.45) is 10.2. The number of ketones is 1. The third-order valence-electron chi connectivity index (χ3n) is 10.6. The van der Waals surface area contributed by atoms with Gasteiger partial charge in [0, 0.05) is 24.8 Å². The molecule has 2 saturated carbocycles. The van der Waals surface area contributed by atoms with Crippen molar-refractivity contribution in [1.29, 1.82) is 0 Å². The Balaban J connectivity index is 1.48. The average Bonchev–Trinajstić information content (AvgIpc) is 3.76. The standard InChI is InChI=1S/C35H49N7O8S/c1-34(2,48)28-20-37-40-42(28)24-19-27(32(46)39-35(29(43)30(36)44)16-8-5-9-17-35)41(21-24)33(47)26(18-22-10-6-4-7-11-22)38-31(45)23-12-14-25(15-13-23)51(3,49)50/h12-15,20,22,24,26-27,48H,4-11,16-19,21H2,1-3H3,(H2,36,44)(H,38,45)(H,39,46)/t24-,26?,27-/m0/s1. The van der Waals surface area contributed by atoms with Crippen molar-refractivity contribution >= 4 is 39.2 Å². The molecule has 1 aromatic carbocycles. The number of carbonyl (C=O) groups is 5. The summed E-state index contributed by atoms with van der Waals surface area (Å²) in [5.74, 6) is -3.60. The molecule has 3 aliphatic rings. The second-order valence-electron chi connectivity index (χ2n) is 14.9. The molecule has 0 bridgehead atoms. The van der Waals surface area contributed by atoms with Gasteiger partial charge in [0.2, 0.25) is 17.6 Å². The van der Waals surface area contributed by atoms with Crippen molar-refractivity contribution in [3.05, 3.63) is 41.7 Å². The van der Waals surface area contributed by atoms with E-state index in [1.165, 1.54) is 40.0 Å². The third-order valence-corrected chi connectivity index (χ3v) is 11.7. The van der Waals surface area contributed by atoms with Gasteiger partial charge in [0.05, 0.1) is 22.8 Å². The number of hydrogen-bond donors (Lipinski definition) is 4. The van der Waals surface area contributed by atoms with Crippen LogP contribution in [-0.4, -0.2) is 93.3 Å². The Kier molecular flexibility index (Phi) is 11.3. The van der Waals surface area contributed by atoms with Crippen LogP contribution in [0.1, 0.15) is 113 Å². The van der Waals surface area contributed by atoms with Gasteiger partial charge in [-0.15, -0.1) is 5.10 Å². The molecule has 4 amide bonds. The number of nitrogens with one attached hydrogen (secondary N) is 2. The lowest BCUT2D eigenvalue weighted by Crippen LogP contribution is -2.62. The monoisotopic (exact) mass is 727 g/mol. The van der Waals surface area contributed by atoms with Crippen molar-refractivity contribution in [1.82, 2.24) is 30.5 Å². The van der Waals surface area contributed by atoms with Gasteiger partial charge in [0.15, 0.2) is 9.84 Å². The van der Waals surface area contributed by atoms with Crippen LogP contribution in [0.3, 0.4) is 0 Å². The maximum atomic E-state index is 14.7. The van der Waals surface area contributed by atoms with Gasteiger partial charge in [0.1, 0.15) is 23.2 Å². The fourth-order valence-corrected chi connectivity index (χ4v) is 8.46. The molecule has 1 aliphatic heterocycles. The lowest BCUT2D eigenvalue weighted by Gasteiger charge is -2.38. The number of amides is 4. The molecule has 3 atom stereocenters. The van der Waals surface area contributed by atoms with E-state index in [1.54, 1.807) is 13.8 Å². The molecular weight excluding hydrogens is 678 g/mol. The van der Waals surface area contributed by atoms with Crippen LogP contribution in [0.4, 0.5) is 0 Å². The van der Waals surface area contributed by atoms with Crippen LogP contribution in [0, 0.1) is 5.92 Å². The number of aromatic nitrogens is 3. The third kappa shape index (κ3) is 8.66. The summed E-state index contributed by atoms with van der Waals surface area (Å²) in [7, 11) is -3.49. The number of primary amides is 1. The van der Waals surface area contributed by atoms with Gasteiger partial charge in [0.25, 0.3) is 11.8 Å². The number of Topliss-reactive ketones (excluding diaryl/α,β-unsaturated/α-hetero) is 1. The molecule has 1 aromatic heterocycles. The molecule has 5 N–H and O–H groups in total. The van der Waals surface area contributed by atoms with Gasteiger partial charge in [-0.1, -0.05) is 56.6 Å². The first-order valence-corrected chi connectivity index (χ1v) is 19.6. The van der Waals surface area contributed by atoms with Crippen LogP contribution in [0.5, 0.6) is 0 Å². The number of likely N-dealkylation sites (tertiary alicyclic amines) is 1. The van der Waals surface area contributed by atoms with Gasteiger partial charge in [-0.25, -0.2) is 13.1 Å². The molecule has 2 aromatic rings. The van der Waals surface area contributed by atoms with Crippen LogP contribution in [0.25, 0.3) is 0 Å². The first-order valence-electron chi connectivity index (χ1n) is 17.7. The van der Waals surface area contributed by atoms with E-state index in [1.807, 2.05) is 0 Å². The van der Waals surface area contributed by atoms with E-state index in [4.69, 9.17) is 5.73 Å². The van der Waals surface area contributed by atoms with Gasteiger partial charge in [-0.3, -0.25) is 24.0 Å². The second kappa shape index (κ2) is 15.2. The minimum Gasteiger partial charge on any atom is -0.384 e. The average molecular weight is 728 g/mol. The van der Waals surface area contributed by atoms with Gasteiger partial charge in [-0.2, -0.15) is 0 Å². The molecule has 0 radical (unpaired) electrons. The number of carbonyl (C=O) groups excluding carboxylic acids is 5. The molecule has 2 heterocycles. The van der Waals surface area contributed by atoms with Crippen molar-refractivity contribution in [3.8, 4) is 0 Å². The van der Waals surface area contributed by atoms with Crippen LogP contribution in [0.2, 0.25) is 0 Å². The van der Waals surface area contributed by atoms with Crippen LogP contribution >= 0.6 is 0 Å². The van der Waals surface area contributed by atoms with Crippen molar-refractivity contribution in [2.24, 2.45) is 11.7 Å². The summed E-state index contributed by atoms with van der Waals surface area (Å²) < 4.78 is 25.5. The summed E-state index contributed by atoms with van der Waals surface area (Å²) in [6.45, 7) is 3.13. The molecule has 5 rings (SSSR count). The lowest BCUT2D eigenvalue weighted by atomic mass is 9.78. The first kappa shape index (κ1) is 38.1. The van der Waals surface area contributed by atoms with Crippen molar-refractivity contribution in [2.45, 2.75) is 125 Å². The molecular formula is C35H49N7O8S. The Morgan fingerprint density at radius 2 is 1.65 bits per heavy atom. The van der Waals surface area contributed by atoms with Crippen LogP contribution < -0.4 is 16.4 Å².